The van der Waals surface area contributed by atoms with Crippen molar-refractivity contribution in [3.8, 4) is 11.1 Å². The van der Waals surface area contributed by atoms with Crippen LogP contribution in [0.3, 0.4) is 0 Å². The highest BCUT2D eigenvalue weighted by Gasteiger charge is 1.97. The number of benzene rings is 2. The number of rotatable bonds is 8. The van der Waals surface area contributed by atoms with E-state index in [1.807, 2.05) is 6.07 Å². The van der Waals surface area contributed by atoms with E-state index in [4.69, 9.17) is 11.5 Å². The smallest absolute Gasteiger partial charge is 0.185 e. The van der Waals surface area contributed by atoms with Crippen LogP contribution in [-0.4, -0.2) is 19.0 Å². The summed E-state index contributed by atoms with van der Waals surface area (Å²) in [6, 6.07) is 19.1. The van der Waals surface area contributed by atoms with Crippen molar-refractivity contribution in [2.24, 2.45) is 16.5 Å². The van der Waals surface area contributed by atoms with Gasteiger partial charge in [-0.1, -0.05) is 54.6 Å². The Kier molecular flexibility index (Phi) is 6.45. The van der Waals surface area contributed by atoms with Gasteiger partial charge in [0.25, 0.3) is 0 Å². The van der Waals surface area contributed by atoms with Gasteiger partial charge in [-0.25, -0.2) is 0 Å². The third kappa shape index (κ3) is 5.58. The number of aliphatic imine (C=N–C) groups is 1. The van der Waals surface area contributed by atoms with Crippen molar-refractivity contribution in [2.75, 3.05) is 13.1 Å². The summed E-state index contributed by atoms with van der Waals surface area (Å²) < 4.78 is 0. The fraction of sp³-hybridized carbons (Fsp3) is 0.278. The zero-order chi connectivity index (χ0) is 15.6. The summed E-state index contributed by atoms with van der Waals surface area (Å²) >= 11 is 0. The van der Waals surface area contributed by atoms with Gasteiger partial charge in [-0.15, -0.1) is 0 Å². The molecule has 22 heavy (non-hydrogen) atoms. The summed E-state index contributed by atoms with van der Waals surface area (Å²) in [6.07, 6.45) is 2.07. The van der Waals surface area contributed by atoms with Crippen LogP contribution in [0.25, 0.3) is 11.1 Å². The molecule has 0 aliphatic carbocycles. The van der Waals surface area contributed by atoms with Crippen LogP contribution < -0.4 is 16.8 Å². The van der Waals surface area contributed by atoms with Gasteiger partial charge in [-0.3, -0.25) is 4.99 Å². The highest BCUT2D eigenvalue weighted by molar-refractivity contribution is 5.75. The van der Waals surface area contributed by atoms with Crippen molar-refractivity contribution in [3.05, 3.63) is 60.2 Å². The summed E-state index contributed by atoms with van der Waals surface area (Å²) in [6.45, 7) is 2.56. The molecule has 116 valence electrons. The van der Waals surface area contributed by atoms with Crippen molar-refractivity contribution < 1.29 is 0 Å². The van der Waals surface area contributed by atoms with E-state index in [1.165, 1.54) is 16.7 Å². The number of guanidine groups is 1. The molecule has 0 bridgehead atoms. The molecular weight excluding hydrogens is 272 g/mol. The fourth-order valence-electron chi connectivity index (χ4n) is 2.25. The van der Waals surface area contributed by atoms with E-state index in [1.54, 1.807) is 0 Å². The molecule has 4 nitrogen and oxygen atoms in total. The molecule has 2 rings (SSSR count). The highest BCUT2D eigenvalue weighted by atomic mass is 15.0. The second-order valence-corrected chi connectivity index (χ2v) is 5.25. The predicted octanol–water partition coefficient (Wildman–Crippen LogP) is 2.50. The largest absolute Gasteiger partial charge is 0.370 e. The van der Waals surface area contributed by atoms with Gasteiger partial charge in [0.05, 0.1) is 0 Å². The van der Waals surface area contributed by atoms with Crippen LogP contribution in [0, 0.1) is 0 Å². The average molecular weight is 296 g/mol. The Morgan fingerprint density at radius 2 is 1.55 bits per heavy atom. The van der Waals surface area contributed by atoms with Crippen molar-refractivity contribution in [1.29, 1.82) is 0 Å². The molecule has 2 aromatic carbocycles. The zero-order valence-electron chi connectivity index (χ0n) is 12.8. The van der Waals surface area contributed by atoms with Crippen LogP contribution in [0.5, 0.6) is 0 Å². The first-order chi connectivity index (χ1) is 10.8. The number of nitrogens with zero attached hydrogens (tertiary/aromatic N) is 1. The fourth-order valence-corrected chi connectivity index (χ4v) is 2.25. The Bertz CT molecular complexity index is 572. The molecule has 4 heteroatoms. The molecule has 2 aromatic rings. The number of nitrogens with one attached hydrogen (secondary N) is 1. The molecular formula is C18H24N4. The molecule has 0 saturated heterocycles. The van der Waals surface area contributed by atoms with E-state index in [-0.39, 0.29) is 5.96 Å². The quantitative estimate of drug-likeness (QED) is 0.398. The second-order valence-electron chi connectivity index (χ2n) is 5.25. The van der Waals surface area contributed by atoms with Gasteiger partial charge >= 0.3 is 0 Å². The predicted molar refractivity (Wildman–Crippen MR) is 93.5 cm³/mol. The summed E-state index contributed by atoms with van der Waals surface area (Å²) in [7, 11) is 0. The summed E-state index contributed by atoms with van der Waals surface area (Å²) in [5.41, 5.74) is 14.3. The van der Waals surface area contributed by atoms with Crippen LogP contribution in [0.2, 0.25) is 0 Å². The van der Waals surface area contributed by atoms with Crippen molar-refractivity contribution >= 4 is 5.96 Å². The molecule has 0 spiro atoms. The Hall–Kier alpha value is -2.33. The average Bonchev–Trinajstić information content (AvgIpc) is 2.55. The Morgan fingerprint density at radius 1 is 0.864 bits per heavy atom. The van der Waals surface area contributed by atoms with E-state index in [0.717, 1.165) is 25.9 Å². The van der Waals surface area contributed by atoms with Crippen molar-refractivity contribution in [2.45, 2.75) is 19.4 Å². The lowest BCUT2D eigenvalue weighted by Crippen LogP contribution is -2.23. The molecule has 0 aliphatic heterocycles. The van der Waals surface area contributed by atoms with Gasteiger partial charge in [0.2, 0.25) is 0 Å². The van der Waals surface area contributed by atoms with Gasteiger partial charge in [0.1, 0.15) is 0 Å². The highest BCUT2D eigenvalue weighted by Crippen LogP contribution is 2.19. The molecule has 0 radical (unpaired) electrons. The van der Waals surface area contributed by atoms with E-state index >= 15 is 0 Å². The standard InChI is InChI=1S/C18H24N4/c19-18(20)22-13-5-4-12-21-14-15-8-10-17(11-9-15)16-6-2-1-3-7-16/h1-3,6-11,21H,4-5,12-14H2,(H4,19,20,22). The maximum Gasteiger partial charge on any atom is 0.185 e. The molecule has 0 saturated carbocycles. The molecule has 0 aliphatic rings. The van der Waals surface area contributed by atoms with Crippen molar-refractivity contribution in [1.82, 2.24) is 5.32 Å². The lowest BCUT2D eigenvalue weighted by atomic mass is 10.0. The number of hydrogen-bond acceptors (Lipinski definition) is 2. The van der Waals surface area contributed by atoms with Crippen molar-refractivity contribution in [3.63, 3.8) is 0 Å². The summed E-state index contributed by atoms with van der Waals surface area (Å²) in [5, 5.41) is 3.44. The number of hydrogen-bond donors (Lipinski definition) is 3. The van der Waals surface area contributed by atoms with Crippen LogP contribution in [0.4, 0.5) is 0 Å². The van der Waals surface area contributed by atoms with E-state index in [2.05, 4.69) is 58.8 Å². The maximum absolute atomic E-state index is 5.28. The topological polar surface area (TPSA) is 76.4 Å². The zero-order valence-corrected chi connectivity index (χ0v) is 12.8. The third-order valence-corrected chi connectivity index (χ3v) is 3.45. The minimum Gasteiger partial charge on any atom is -0.370 e. The van der Waals surface area contributed by atoms with Crippen LogP contribution in [-0.2, 0) is 6.54 Å². The van der Waals surface area contributed by atoms with Gasteiger partial charge in [0.15, 0.2) is 5.96 Å². The molecule has 0 fully saturated rings. The molecule has 0 atom stereocenters. The molecule has 0 heterocycles. The summed E-state index contributed by atoms with van der Waals surface area (Å²) in [5.74, 6) is 0.173. The van der Waals surface area contributed by atoms with E-state index in [0.29, 0.717) is 6.54 Å². The SMILES string of the molecule is NC(N)=NCCCCNCc1ccc(-c2ccccc2)cc1. The number of nitrogens with two attached hydrogens (primary N) is 2. The monoisotopic (exact) mass is 296 g/mol. The van der Waals surface area contributed by atoms with Crippen LogP contribution in [0.15, 0.2) is 59.6 Å². The van der Waals surface area contributed by atoms with Crippen LogP contribution in [0.1, 0.15) is 18.4 Å². The minimum absolute atomic E-state index is 0.173. The Balaban J connectivity index is 1.70. The first-order valence-electron chi connectivity index (χ1n) is 7.66. The Labute approximate surface area is 132 Å². The Morgan fingerprint density at radius 3 is 2.23 bits per heavy atom. The van der Waals surface area contributed by atoms with Gasteiger partial charge < -0.3 is 16.8 Å². The maximum atomic E-state index is 5.28. The number of unbranched alkanes of at least 4 members (excludes halogenated alkanes) is 1. The molecule has 0 unspecified atom stereocenters. The first-order valence-corrected chi connectivity index (χ1v) is 7.66. The van der Waals surface area contributed by atoms with Gasteiger partial charge in [-0.2, -0.15) is 0 Å². The summed E-state index contributed by atoms with van der Waals surface area (Å²) in [4.78, 5) is 3.96. The third-order valence-electron chi connectivity index (χ3n) is 3.45. The molecule has 0 aromatic heterocycles. The first kappa shape index (κ1) is 16.0. The lowest BCUT2D eigenvalue weighted by molar-refractivity contribution is 0.627. The van der Waals surface area contributed by atoms with E-state index in [9.17, 15) is 0 Å². The minimum atomic E-state index is 0.173. The molecule has 0 amide bonds. The normalized spacial score (nSPS) is 10.4. The van der Waals surface area contributed by atoms with E-state index < -0.39 is 0 Å². The lowest BCUT2D eigenvalue weighted by Gasteiger charge is -2.06. The second kappa shape index (κ2) is 8.85. The van der Waals surface area contributed by atoms with Gasteiger partial charge in [0, 0.05) is 13.1 Å². The molecule has 5 N–H and O–H groups in total. The van der Waals surface area contributed by atoms with Gasteiger partial charge in [-0.05, 0) is 36.1 Å². The van der Waals surface area contributed by atoms with Crippen LogP contribution >= 0.6 is 0 Å².